The number of hydrogen-bond acceptors (Lipinski definition) is 1. The van der Waals surface area contributed by atoms with E-state index < -0.39 is 0 Å². The Hall–Kier alpha value is -0.980. The second-order valence-corrected chi connectivity index (χ2v) is 7.22. The molecule has 1 aromatic rings. The third-order valence-corrected chi connectivity index (χ3v) is 4.30. The van der Waals surface area contributed by atoms with Crippen molar-refractivity contribution in [2.75, 3.05) is 0 Å². The molecule has 0 saturated heterocycles. The molecule has 0 aromatic heterocycles. The zero-order chi connectivity index (χ0) is 14.6. The maximum atomic E-state index is 9.39. The van der Waals surface area contributed by atoms with Gasteiger partial charge in [0.05, 0.1) is 0 Å². The Kier molecular flexibility index (Phi) is 5.46. The summed E-state index contributed by atoms with van der Waals surface area (Å²) in [6.45, 7) is 13.9. The quantitative estimate of drug-likeness (QED) is 0.730. The molecular weight excluding hydrogens is 232 g/mol. The summed E-state index contributed by atoms with van der Waals surface area (Å²) in [6.07, 6.45) is 2.48. The fraction of sp³-hybridized carbons (Fsp3) is 0.667. The van der Waals surface area contributed by atoms with Gasteiger partial charge in [-0.1, -0.05) is 53.7 Å². The first-order valence-corrected chi connectivity index (χ1v) is 7.52. The Morgan fingerprint density at radius 1 is 0.947 bits per heavy atom. The molecule has 0 aliphatic rings. The lowest BCUT2D eigenvalue weighted by Crippen LogP contribution is -2.24. The lowest BCUT2D eigenvalue weighted by atomic mass is 9.73. The van der Waals surface area contributed by atoms with E-state index in [0.29, 0.717) is 11.7 Å². The van der Waals surface area contributed by atoms with Gasteiger partial charge in [0.1, 0.15) is 5.75 Å². The maximum Gasteiger partial charge on any atom is 0.115 e. The predicted octanol–water partition coefficient (Wildman–Crippen LogP) is 5.38. The van der Waals surface area contributed by atoms with Crippen molar-refractivity contribution >= 4 is 0 Å². The van der Waals surface area contributed by atoms with Crippen LogP contribution in [0, 0.1) is 17.8 Å². The van der Waals surface area contributed by atoms with Crippen molar-refractivity contribution in [2.24, 2.45) is 17.8 Å². The van der Waals surface area contributed by atoms with Crippen LogP contribution in [0.1, 0.15) is 59.9 Å². The van der Waals surface area contributed by atoms with Crippen LogP contribution in [0.3, 0.4) is 0 Å². The molecule has 1 aromatic carbocycles. The van der Waals surface area contributed by atoms with E-state index in [-0.39, 0.29) is 5.41 Å². The monoisotopic (exact) mass is 262 g/mol. The summed E-state index contributed by atoms with van der Waals surface area (Å²) in [4.78, 5) is 0. The summed E-state index contributed by atoms with van der Waals surface area (Å²) in [5.74, 6) is 2.60. The van der Waals surface area contributed by atoms with E-state index in [0.717, 1.165) is 11.8 Å². The molecule has 0 heterocycles. The van der Waals surface area contributed by atoms with Crippen LogP contribution in [-0.4, -0.2) is 5.11 Å². The van der Waals surface area contributed by atoms with E-state index >= 15 is 0 Å². The minimum absolute atomic E-state index is 0.165. The second kappa shape index (κ2) is 6.45. The summed E-state index contributed by atoms with van der Waals surface area (Å²) in [5.41, 5.74) is 1.48. The maximum absolute atomic E-state index is 9.39. The molecule has 0 radical (unpaired) electrons. The van der Waals surface area contributed by atoms with Crippen LogP contribution in [-0.2, 0) is 5.41 Å². The van der Waals surface area contributed by atoms with Gasteiger partial charge in [-0.3, -0.25) is 0 Å². The van der Waals surface area contributed by atoms with Gasteiger partial charge in [0.25, 0.3) is 0 Å². The Bertz CT molecular complexity index is 375. The van der Waals surface area contributed by atoms with Crippen molar-refractivity contribution in [3.05, 3.63) is 29.8 Å². The summed E-state index contributed by atoms with van der Waals surface area (Å²) in [5, 5.41) is 9.39. The van der Waals surface area contributed by atoms with E-state index in [1.807, 2.05) is 0 Å². The average Bonchev–Trinajstić information content (AvgIpc) is 2.27. The molecule has 0 amide bonds. The minimum atomic E-state index is 0.165. The van der Waals surface area contributed by atoms with Crippen molar-refractivity contribution in [2.45, 2.75) is 59.8 Å². The van der Waals surface area contributed by atoms with Crippen molar-refractivity contribution in [3.8, 4) is 5.75 Å². The standard InChI is InChI=1S/C18H30O/c1-13(2)11-14(3)15(4)12-18(5,6)16-7-9-17(19)10-8-16/h7-10,13-15,19H,11-12H2,1-6H3. The summed E-state index contributed by atoms with van der Waals surface area (Å²) < 4.78 is 0. The van der Waals surface area contributed by atoms with E-state index in [4.69, 9.17) is 0 Å². The number of hydrogen-bond donors (Lipinski definition) is 1. The number of phenolic OH excluding ortho intramolecular Hbond substituents is 1. The van der Waals surface area contributed by atoms with Crippen molar-refractivity contribution in [3.63, 3.8) is 0 Å². The highest BCUT2D eigenvalue weighted by Crippen LogP contribution is 2.35. The smallest absolute Gasteiger partial charge is 0.115 e. The summed E-state index contributed by atoms with van der Waals surface area (Å²) in [7, 11) is 0. The predicted molar refractivity (Wildman–Crippen MR) is 83.5 cm³/mol. The van der Waals surface area contributed by atoms with Gasteiger partial charge in [0.15, 0.2) is 0 Å². The van der Waals surface area contributed by atoms with Crippen LogP contribution in [0.4, 0.5) is 0 Å². The molecule has 108 valence electrons. The van der Waals surface area contributed by atoms with Gasteiger partial charge in [-0.25, -0.2) is 0 Å². The Balaban J connectivity index is 2.70. The highest BCUT2D eigenvalue weighted by molar-refractivity contribution is 5.30. The molecule has 1 N–H and O–H groups in total. The van der Waals surface area contributed by atoms with Crippen molar-refractivity contribution in [1.82, 2.24) is 0 Å². The molecule has 1 rings (SSSR count). The van der Waals surface area contributed by atoms with Crippen LogP contribution >= 0.6 is 0 Å². The van der Waals surface area contributed by atoms with Gasteiger partial charge < -0.3 is 5.11 Å². The molecular formula is C18H30O. The lowest BCUT2D eigenvalue weighted by molar-refractivity contribution is 0.262. The lowest BCUT2D eigenvalue weighted by Gasteiger charge is -2.32. The van der Waals surface area contributed by atoms with Crippen LogP contribution in [0.2, 0.25) is 0 Å². The van der Waals surface area contributed by atoms with Gasteiger partial charge in [-0.05, 0) is 53.7 Å². The van der Waals surface area contributed by atoms with E-state index in [1.165, 1.54) is 18.4 Å². The topological polar surface area (TPSA) is 20.2 Å². The number of aromatic hydroxyl groups is 1. The van der Waals surface area contributed by atoms with Gasteiger partial charge in [-0.2, -0.15) is 0 Å². The molecule has 1 heteroatoms. The van der Waals surface area contributed by atoms with Crippen LogP contribution in [0.25, 0.3) is 0 Å². The van der Waals surface area contributed by atoms with Crippen LogP contribution < -0.4 is 0 Å². The van der Waals surface area contributed by atoms with Gasteiger partial charge >= 0.3 is 0 Å². The third-order valence-electron chi connectivity index (χ3n) is 4.30. The Morgan fingerprint density at radius 3 is 1.95 bits per heavy atom. The zero-order valence-electron chi connectivity index (χ0n) is 13.4. The highest BCUT2D eigenvalue weighted by atomic mass is 16.3. The van der Waals surface area contributed by atoms with Gasteiger partial charge in [0, 0.05) is 0 Å². The largest absolute Gasteiger partial charge is 0.508 e. The fourth-order valence-electron chi connectivity index (χ4n) is 3.01. The van der Waals surface area contributed by atoms with E-state index in [2.05, 4.69) is 53.7 Å². The SMILES string of the molecule is CC(C)CC(C)C(C)CC(C)(C)c1ccc(O)cc1. The minimum Gasteiger partial charge on any atom is -0.508 e. The Morgan fingerprint density at radius 2 is 1.47 bits per heavy atom. The molecule has 2 unspecified atom stereocenters. The number of rotatable bonds is 6. The molecule has 0 aliphatic heterocycles. The van der Waals surface area contributed by atoms with E-state index in [1.54, 1.807) is 12.1 Å². The first-order chi connectivity index (χ1) is 8.72. The molecule has 1 nitrogen and oxygen atoms in total. The first-order valence-electron chi connectivity index (χ1n) is 7.52. The second-order valence-electron chi connectivity index (χ2n) is 7.22. The third kappa shape index (κ3) is 4.89. The normalized spacial score (nSPS) is 15.5. The summed E-state index contributed by atoms with van der Waals surface area (Å²) in [6, 6.07) is 7.68. The molecule has 0 saturated carbocycles. The fourth-order valence-corrected chi connectivity index (χ4v) is 3.01. The molecule has 0 spiro atoms. The number of phenols is 1. The molecule has 2 atom stereocenters. The summed E-state index contributed by atoms with van der Waals surface area (Å²) >= 11 is 0. The van der Waals surface area contributed by atoms with Crippen LogP contribution in [0.15, 0.2) is 24.3 Å². The molecule has 0 aliphatic carbocycles. The van der Waals surface area contributed by atoms with Gasteiger partial charge in [0.2, 0.25) is 0 Å². The van der Waals surface area contributed by atoms with Crippen molar-refractivity contribution in [1.29, 1.82) is 0 Å². The molecule has 19 heavy (non-hydrogen) atoms. The zero-order valence-corrected chi connectivity index (χ0v) is 13.4. The number of benzene rings is 1. The average molecular weight is 262 g/mol. The first kappa shape index (κ1) is 16.1. The molecule has 0 fully saturated rings. The highest BCUT2D eigenvalue weighted by Gasteiger charge is 2.26. The molecule has 0 bridgehead atoms. The van der Waals surface area contributed by atoms with Gasteiger partial charge in [-0.15, -0.1) is 0 Å². The van der Waals surface area contributed by atoms with Crippen LogP contribution in [0.5, 0.6) is 5.75 Å². The van der Waals surface area contributed by atoms with E-state index in [9.17, 15) is 5.11 Å². The van der Waals surface area contributed by atoms with Crippen molar-refractivity contribution < 1.29 is 5.11 Å². The Labute approximate surface area is 119 Å².